The molecule has 0 saturated carbocycles. The molecule has 1 fully saturated rings. The number of aromatic nitrogens is 2. The molecule has 4 atom stereocenters. The van der Waals surface area contributed by atoms with E-state index in [0.717, 1.165) is 0 Å². The maximum absolute atomic E-state index is 12.8. The van der Waals surface area contributed by atoms with Crippen LogP contribution in [0.2, 0.25) is 0 Å². The topological polar surface area (TPSA) is 148 Å². The molecule has 1 saturated heterocycles. The smallest absolute Gasteiger partial charge is 0.353 e. The summed E-state index contributed by atoms with van der Waals surface area (Å²) in [4.78, 5) is 54.0. The molecule has 2 amide bonds. The number of hydrogen-bond donors (Lipinski definition) is 3. The molecular formula is C30H46F3N6O7P. The van der Waals surface area contributed by atoms with Crippen LogP contribution in [-0.2, 0) is 23.4 Å². The molecule has 17 heteroatoms. The standard InChI is InChI=1S/C30H46F3N6O7P/c1-7-23-24(46-47(44-17-16-34-6)39(20(2)3)21(4)5)18-26(45-23)38-19-22(27(41)37-29(38)43)12-13-25(40)35-14-10-8-9-11-15-36-28(42)30(31,32)33/h12-13,19-21,23-24,26H,7-11,14-18H2,1-5H3,(H,35,40)(H,36,42)(H,37,41,43)/b13-12+/t23-,24?,26-,47?/m1/s1. The normalized spacial score (nSPS) is 19.1. The van der Waals surface area contributed by atoms with Gasteiger partial charge in [-0.25, -0.2) is 16.0 Å². The summed E-state index contributed by atoms with van der Waals surface area (Å²) in [6, 6.07) is 0.214. The predicted molar refractivity (Wildman–Crippen MR) is 171 cm³/mol. The van der Waals surface area contributed by atoms with Crippen molar-refractivity contribution in [1.82, 2.24) is 24.9 Å². The van der Waals surface area contributed by atoms with Gasteiger partial charge in [0.1, 0.15) is 12.8 Å². The van der Waals surface area contributed by atoms with Crippen LogP contribution in [0.1, 0.15) is 84.9 Å². The number of rotatable bonds is 19. The minimum atomic E-state index is -4.90. The Morgan fingerprint density at radius 2 is 1.81 bits per heavy atom. The molecule has 1 aliphatic heterocycles. The third-order valence-electron chi connectivity index (χ3n) is 7.13. The molecule has 47 heavy (non-hydrogen) atoms. The van der Waals surface area contributed by atoms with Crippen molar-refractivity contribution in [3.8, 4) is 0 Å². The Morgan fingerprint density at radius 1 is 1.17 bits per heavy atom. The van der Waals surface area contributed by atoms with Gasteiger partial charge >= 0.3 is 17.8 Å². The summed E-state index contributed by atoms with van der Waals surface area (Å²) in [5.74, 6) is -2.43. The predicted octanol–water partition coefficient (Wildman–Crippen LogP) is 4.27. The molecule has 0 bridgehead atoms. The van der Waals surface area contributed by atoms with Gasteiger partial charge in [0, 0.05) is 43.9 Å². The summed E-state index contributed by atoms with van der Waals surface area (Å²) in [6.45, 7) is 17.8. The van der Waals surface area contributed by atoms with Crippen LogP contribution in [-0.4, -0.2) is 82.7 Å². The van der Waals surface area contributed by atoms with E-state index < -0.39 is 50.1 Å². The molecule has 1 aromatic rings. The summed E-state index contributed by atoms with van der Waals surface area (Å²) in [7, 11) is -1.54. The first kappa shape index (κ1) is 40.1. The number of nitrogens with zero attached hydrogens (tertiary/aromatic N) is 3. The van der Waals surface area contributed by atoms with E-state index in [4.69, 9.17) is 20.4 Å². The van der Waals surface area contributed by atoms with E-state index in [1.165, 1.54) is 22.9 Å². The molecule has 2 heterocycles. The fraction of sp³-hybridized carbons (Fsp3) is 0.700. The van der Waals surface area contributed by atoms with Crippen LogP contribution >= 0.6 is 8.53 Å². The second-order valence-corrected chi connectivity index (χ2v) is 12.9. The average molecular weight is 691 g/mol. The maximum Gasteiger partial charge on any atom is 0.471 e. The number of ether oxygens (including phenoxy) is 1. The third kappa shape index (κ3) is 13.1. The van der Waals surface area contributed by atoms with Crippen molar-refractivity contribution in [1.29, 1.82) is 0 Å². The Bertz CT molecular complexity index is 1340. The lowest BCUT2D eigenvalue weighted by Crippen LogP contribution is -2.37. The summed E-state index contributed by atoms with van der Waals surface area (Å²) in [6.07, 6.45) is 0.402. The highest BCUT2D eigenvalue weighted by Gasteiger charge is 2.41. The number of nitrogens with one attached hydrogen (secondary N) is 3. The van der Waals surface area contributed by atoms with Gasteiger partial charge in [0.05, 0.1) is 17.8 Å². The van der Waals surface area contributed by atoms with E-state index in [0.29, 0.717) is 45.1 Å². The first-order valence-electron chi connectivity index (χ1n) is 15.7. The Balaban J connectivity index is 2.00. The molecule has 0 spiro atoms. The second kappa shape index (κ2) is 19.7. The maximum atomic E-state index is 12.8. The van der Waals surface area contributed by atoms with Gasteiger partial charge in [-0.2, -0.15) is 13.2 Å². The van der Waals surface area contributed by atoms with Crippen molar-refractivity contribution in [2.24, 2.45) is 0 Å². The van der Waals surface area contributed by atoms with Crippen molar-refractivity contribution in [3.63, 3.8) is 0 Å². The number of carbonyl (C=O) groups is 2. The van der Waals surface area contributed by atoms with Gasteiger partial charge in [-0.3, -0.25) is 23.9 Å². The van der Waals surface area contributed by atoms with Gasteiger partial charge in [-0.1, -0.05) is 19.8 Å². The van der Waals surface area contributed by atoms with Gasteiger partial charge in [0.25, 0.3) is 14.1 Å². The third-order valence-corrected chi connectivity index (χ3v) is 9.28. The van der Waals surface area contributed by atoms with Crippen LogP contribution in [0.4, 0.5) is 13.2 Å². The van der Waals surface area contributed by atoms with Crippen LogP contribution in [0.5, 0.6) is 0 Å². The van der Waals surface area contributed by atoms with Crippen LogP contribution in [0.15, 0.2) is 21.9 Å². The number of H-pyrrole nitrogens is 1. The molecule has 2 unspecified atom stereocenters. The van der Waals surface area contributed by atoms with Gasteiger partial charge in [-0.05, 0) is 53.0 Å². The highest BCUT2D eigenvalue weighted by Crippen LogP contribution is 2.50. The summed E-state index contributed by atoms with van der Waals surface area (Å²) < 4.78 is 58.6. The van der Waals surface area contributed by atoms with E-state index >= 15 is 0 Å². The number of halogens is 3. The number of alkyl halides is 3. The Morgan fingerprint density at radius 3 is 2.38 bits per heavy atom. The molecule has 0 radical (unpaired) electrons. The van der Waals surface area contributed by atoms with E-state index in [9.17, 15) is 32.3 Å². The van der Waals surface area contributed by atoms with Crippen molar-refractivity contribution in [3.05, 3.63) is 50.1 Å². The minimum Gasteiger partial charge on any atom is -0.353 e. The van der Waals surface area contributed by atoms with Crippen LogP contribution < -0.4 is 21.9 Å². The van der Waals surface area contributed by atoms with Crippen LogP contribution in [0.3, 0.4) is 0 Å². The van der Waals surface area contributed by atoms with Gasteiger partial charge in [0.15, 0.2) is 0 Å². The molecule has 1 aromatic heterocycles. The fourth-order valence-electron chi connectivity index (χ4n) is 4.93. The van der Waals surface area contributed by atoms with Crippen molar-refractivity contribution >= 4 is 26.4 Å². The molecule has 2 rings (SSSR count). The van der Waals surface area contributed by atoms with Crippen LogP contribution in [0, 0.1) is 6.57 Å². The van der Waals surface area contributed by atoms with Gasteiger partial charge < -0.3 is 29.3 Å². The largest absolute Gasteiger partial charge is 0.471 e. The number of amides is 2. The monoisotopic (exact) mass is 690 g/mol. The lowest BCUT2D eigenvalue weighted by molar-refractivity contribution is -0.173. The summed E-state index contributed by atoms with van der Waals surface area (Å²) >= 11 is 0. The van der Waals surface area contributed by atoms with E-state index in [-0.39, 0.29) is 43.4 Å². The summed E-state index contributed by atoms with van der Waals surface area (Å²) in [5, 5.41) is 4.47. The zero-order valence-electron chi connectivity index (χ0n) is 27.5. The molecular weight excluding hydrogens is 644 g/mol. The highest BCUT2D eigenvalue weighted by molar-refractivity contribution is 7.44. The van der Waals surface area contributed by atoms with Crippen molar-refractivity contribution in [2.75, 3.05) is 26.2 Å². The minimum absolute atomic E-state index is 0.0668. The quantitative estimate of drug-likeness (QED) is 0.0844. The SMILES string of the molecule is [C-]#[N+]CCOP(OC1C[C@H](n2cc(/C=C/C(=O)NCCCCCCNC(=O)C(F)(F)F)c(=O)[nH]c2=O)O[C@@H]1CC)N(C(C)C)C(C)C. The Labute approximate surface area is 274 Å². The molecule has 13 nitrogen and oxygen atoms in total. The Hall–Kier alpha value is -3.09. The molecule has 0 aromatic carbocycles. The van der Waals surface area contributed by atoms with Crippen molar-refractivity contribution in [2.45, 2.75) is 110 Å². The Kier molecular flexibility index (Phi) is 16.8. The lowest BCUT2D eigenvalue weighted by atomic mass is 10.1. The van der Waals surface area contributed by atoms with Gasteiger partial charge in [-0.15, -0.1) is 0 Å². The number of carbonyl (C=O) groups excluding carboxylic acids is 2. The highest BCUT2D eigenvalue weighted by atomic mass is 31.2. The van der Waals surface area contributed by atoms with Gasteiger partial charge in [0.2, 0.25) is 12.5 Å². The molecule has 3 N–H and O–H groups in total. The van der Waals surface area contributed by atoms with Crippen molar-refractivity contribution < 1.29 is 36.5 Å². The zero-order chi connectivity index (χ0) is 35.1. The summed E-state index contributed by atoms with van der Waals surface area (Å²) in [5.41, 5.74) is -1.28. The fourth-order valence-corrected chi connectivity index (χ4v) is 6.67. The zero-order valence-corrected chi connectivity index (χ0v) is 28.4. The lowest BCUT2D eigenvalue weighted by Gasteiger charge is -2.37. The molecule has 0 aliphatic carbocycles. The van der Waals surface area contributed by atoms with E-state index in [1.807, 2.05) is 39.9 Å². The first-order valence-corrected chi connectivity index (χ1v) is 16.9. The van der Waals surface area contributed by atoms with E-state index in [2.05, 4.69) is 19.8 Å². The number of aromatic amines is 1. The first-order chi connectivity index (χ1) is 22.2. The number of unbranched alkanes of at least 4 members (excludes halogenated alkanes) is 3. The average Bonchev–Trinajstić information content (AvgIpc) is 3.39. The van der Waals surface area contributed by atoms with E-state index in [1.54, 1.807) is 0 Å². The van der Waals surface area contributed by atoms with Crippen LogP contribution in [0.25, 0.3) is 10.9 Å². The molecule has 1 aliphatic rings. The number of hydrogen-bond acceptors (Lipinski definition) is 8. The second-order valence-electron chi connectivity index (χ2n) is 11.5. The molecule has 264 valence electrons.